The summed E-state index contributed by atoms with van der Waals surface area (Å²) >= 11 is 1.44. The molecule has 0 radical (unpaired) electrons. The van der Waals surface area contributed by atoms with Gasteiger partial charge in [0.25, 0.3) is 5.91 Å². The van der Waals surface area contributed by atoms with Crippen molar-refractivity contribution in [2.24, 2.45) is 0 Å². The number of ether oxygens (including phenoxy) is 1. The number of amides is 2. The highest BCUT2D eigenvalue weighted by Crippen LogP contribution is 2.38. The van der Waals surface area contributed by atoms with Crippen molar-refractivity contribution in [3.8, 4) is 17.6 Å². The summed E-state index contributed by atoms with van der Waals surface area (Å²) in [6.07, 6.45) is -1.92. The topological polar surface area (TPSA) is 145 Å². The first-order valence-corrected chi connectivity index (χ1v) is 11.8. The molecule has 31 heavy (non-hydrogen) atoms. The SMILES string of the molecule is CCC#CC(NC(=O)O)Oc1ccc(S(=O)(=O)N2CCSC(C)(C)C2C(=O)NO)cc1. The number of thioether (sulfide) groups is 1. The van der Waals surface area contributed by atoms with E-state index >= 15 is 0 Å². The molecule has 1 aromatic carbocycles. The van der Waals surface area contributed by atoms with E-state index in [4.69, 9.17) is 15.1 Å². The second kappa shape index (κ2) is 10.2. The number of carboxylic acid groups (broad SMARTS) is 1. The quantitative estimate of drug-likeness (QED) is 0.211. The molecular formula is C19H25N3O7S2. The zero-order valence-corrected chi connectivity index (χ0v) is 18.9. The van der Waals surface area contributed by atoms with E-state index in [1.54, 1.807) is 26.3 Å². The Hall–Kier alpha value is -2.46. The lowest BCUT2D eigenvalue weighted by atomic mass is 10.0. The van der Waals surface area contributed by atoms with Crippen LogP contribution < -0.4 is 15.5 Å². The van der Waals surface area contributed by atoms with Gasteiger partial charge >= 0.3 is 6.09 Å². The molecule has 2 atom stereocenters. The Morgan fingerprint density at radius 2 is 2.00 bits per heavy atom. The van der Waals surface area contributed by atoms with E-state index in [0.717, 1.165) is 4.31 Å². The standard InChI is InChI=1S/C19H25N3O7S2/c1-4-5-6-15(20-18(24)25)29-13-7-9-14(10-8-13)31(27,28)22-11-12-30-19(2,3)16(22)17(23)21-26/h7-10,15-16,20,26H,4,11-12H2,1-3H3,(H,21,23)(H,24,25). The summed E-state index contributed by atoms with van der Waals surface area (Å²) in [5.74, 6) is 5.23. The van der Waals surface area contributed by atoms with Gasteiger partial charge in [-0.25, -0.2) is 18.7 Å². The normalized spacial score (nSPS) is 19.4. The molecule has 12 heteroatoms. The molecule has 4 N–H and O–H groups in total. The zero-order valence-electron chi connectivity index (χ0n) is 17.3. The van der Waals surface area contributed by atoms with Gasteiger partial charge < -0.3 is 9.84 Å². The Balaban J connectivity index is 2.29. The fourth-order valence-electron chi connectivity index (χ4n) is 3.08. The van der Waals surface area contributed by atoms with Crippen LogP contribution in [0.4, 0.5) is 4.79 Å². The van der Waals surface area contributed by atoms with Gasteiger partial charge in [-0.1, -0.05) is 12.8 Å². The first kappa shape index (κ1) is 24.8. The fourth-order valence-corrected chi connectivity index (χ4v) is 6.19. The van der Waals surface area contributed by atoms with E-state index in [2.05, 4.69) is 17.2 Å². The predicted octanol–water partition coefficient (Wildman–Crippen LogP) is 1.46. The van der Waals surface area contributed by atoms with E-state index in [1.165, 1.54) is 36.0 Å². The van der Waals surface area contributed by atoms with Crippen LogP contribution in [0.1, 0.15) is 27.2 Å². The van der Waals surface area contributed by atoms with Crippen LogP contribution in [0.3, 0.4) is 0 Å². The summed E-state index contributed by atoms with van der Waals surface area (Å²) in [5, 5.41) is 20.1. The third-order valence-corrected chi connectivity index (χ3v) is 7.67. The molecule has 0 aromatic heterocycles. The van der Waals surface area contributed by atoms with Crippen LogP contribution in [0.2, 0.25) is 0 Å². The van der Waals surface area contributed by atoms with Crippen LogP contribution in [0, 0.1) is 11.8 Å². The Kier molecular flexibility index (Phi) is 8.19. The molecule has 1 heterocycles. The molecule has 2 amide bonds. The van der Waals surface area contributed by atoms with Crippen molar-refractivity contribution >= 4 is 33.8 Å². The summed E-state index contributed by atoms with van der Waals surface area (Å²) < 4.78 is 32.3. The Bertz CT molecular complexity index is 968. The Morgan fingerprint density at radius 1 is 1.35 bits per heavy atom. The molecule has 2 rings (SSSR count). The molecule has 1 fully saturated rings. The van der Waals surface area contributed by atoms with Crippen molar-refractivity contribution < 1.29 is 33.1 Å². The minimum absolute atomic E-state index is 0.0688. The lowest BCUT2D eigenvalue weighted by molar-refractivity contribution is -0.134. The summed E-state index contributed by atoms with van der Waals surface area (Å²) in [6, 6.07) is 4.26. The van der Waals surface area contributed by atoms with Crippen molar-refractivity contribution in [1.29, 1.82) is 0 Å². The number of carbonyl (C=O) groups is 2. The summed E-state index contributed by atoms with van der Waals surface area (Å²) in [4.78, 5) is 23.1. The van der Waals surface area contributed by atoms with E-state index in [1.807, 2.05) is 0 Å². The molecule has 170 valence electrons. The highest BCUT2D eigenvalue weighted by Gasteiger charge is 2.48. The smallest absolute Gasteiger partial charge is 0.408 e. The summed E-state index contributed by atoms with van der Waals surface area (Å²) in [7, 11) is -4.06. The second-order valence-corrected chi connectivity index (χ2v) is 10.7. The van der Waals surface area contributed by atoms with E-state index in [9.17, 15) is 18.0 Å². The van der Waals surface area contributed by atoms with Crippen LogP contribution in [-0.2, 0) is 14.8 Å². The average Bonchev–Trinajstić information content (AvgIpc) is 2.70. The predicted molar refractivity (Wildman–Crippen MR) is 114 cm³/mol. The van der Waals surface area contributed by atoms with Crippen LogP contribution in [-0.4, -0.2) is 64.4 Å². The van der Waals surface area contributed by atoms with Crippen LogP contribution in [0.25, 0.3) is 0 Å². The van der Waals surface area contributed by atoms with Gasteiger partial charge in [0.15, 0.2) is 0 Å². The van der Waals surface area contributed by atoms with Crippen molar-refractivity contribution in [3.63, 3.8) is 0 Å². The van der Waals surface area contributed by atoms with Gasteiger partial charge in [-0.2, -0.15) is 16.1 Å². The van der Waals surface area contributed by atoms with Crippen molar-refractivity contribution in [3.05, 3.63) is 24.3 Å². The highest BCUT2D eigenvalue weighted by atomic mass is 32.2. The lowest BCUT2D eigenvalue weighted by Gasteiger charge is -2.43. The number of nitrogens with one attached hydrogen (secondary N) is 2. The first-order chi connectivity index (χ1) is 14.5. The number of hydrogen-bond donors (Lipinski definition) is 4. The monoisotopic (exact) mass is 471 g/mol. The maximum Gasteiger partial charge on any atom is 0.408 e. The molecule has 1 aromatic rings. The minimum atomic E-state index is -4.06. The molecule has 2 unspecified atom stereocenters. The number of carbonyl (C=O) groups excluding carboxylic acids is 1. The highest BCUT2D eigenvalue weighted by molar-refractivity contribution is 8.00. The van der Waals surface area contributed by atoms with E-state index in [-0.39, 0.29) is 17.2 Å². The number of hydrogen-bond acceptors (Lipinski definition) is 7. The number of nitrogens with zero attached hydrogens (tertiary/aromatic N) is 1. The number of hydroxylamine groups is 1. The fraction of sp³-hybridized carbons (Fsp3) is 0.474. The molecule has 10 nitrogen and oxygen atoms in total. The van der Waals surface area contributed by atoms with Gasteiger partial charge in [-0.05, 0) is 44.0 Å². The third kappa shape index (κ3) is 6.04. The van der Waals surface area contributed by atoms with Crippen LogP contribution >= 0.6 is 11.8 Å². The molecule has 0 spiro atoms. The Morgan fingerprint density at radius 3 is 2.55 bits per heavy atom. The summed E-state index contributed by atoms with van der Waals surface area (Å²) in [6.45, 7) is 5.38. The molecular weight excluding hydrogens is 446 g/mol. The molecule has 0 saturated carbocycles. The summed E-state index contributed by atoms with van der Waals surface area (Å²) in [5.41, 5.74) is 1.56. The van der Waals surface area contributed by atoms with Crippen molar-refractivity contribution in [2.75, 3.05) is 12.3 Å². The first-order valence-electron chi connectivity index (χ1n) is 9.37. The Labute approximate surface area is 185 Å². The third-order valence-electron chi connectivity index (χ3n) is 4.44. The maximum atomic E-state index is 13.2. The van der Waals surface area contributed by atoms with Gasteiger partial charge in [-0.3, -0.25) is 15.3 Å². The van der Waals surface area contributed by atoms with Gasteiger partial charge in [0.2, 0.25) is 16.3 Å². The molecule has 1 aliphatic heterocycles. The van der Waals surface area contributed by atoms with Gasteiger partial charge in [-0.15, -0.1) is 0 Å². The van der Waals surface area contributed by atoms with Crippen molar-refractivity contribution in [1.82, 2.24) is 15.1 Å². The number of sulfonamides is 1. The van der Waals surface area contributed by atoms with Gasteiger partial charge in [0.05, 0.1) is 4.90 Å². The van der Waals surface area contributed by atoms with Crippen LogP contribution in [0.15, 0.2) is 29.2 Å². The average molecular weight is 472 g/mol. The molecule has 1 aliphatic rings. The largest absolute Gasteiger partial charge is 0.465 e. The second-order valence-electron chi connectivity index (χ2n) is 7.04. The molecule has 0 aliphatic carbocycles. The number of rotatable bonds is 6. The minimum Gasteiger partial charge on any atom is -0.465 e. The van der Waals surface area contributed by atoms with E-state index < -0.39 is 39.0 Å². The van der Waals surface area contributed by atoms with Crippen molar-refractivity contribution in [2.45, 2.75) is 49.1 Å². The molecule has 0 bridgehead atoms. The van der Waals surface area contributed by atoms with Gasteiger partial charge in [0, 0.05) is 23.5 Å². The number of benzene rings is 1. The van der Waals surface area contributed by atoms with E-state index in [0.29, 0.717) is 12.2 Å². The molecule has 1 saturated heterocycles. The zero-order chi connectivity index (χ0) is 23.2. The lowest BCUT2D eigenvalue weighted by Crippen LogP contribution is -2.61. The van der Waals surface area contributed by atoms with Crippen LogP contribution in [0.5, 0.6) is 5.75 Å². The van der Waals surface area contributed by atoms with Gasteiger partial charge in [0.1, 0.15) is 11.8 Å². The maximum absolute atomic E-state index is 13.2.